The van der Waals surface area contributed by atoms with Crippen molar-refractivity contribution >= 4 is 29.6 Å². The molecule has 0 saturated heterocycles. The summed E-state index contributed by atoms with van der Waals surface area (Å²) in [7, 11) is 1.33. The zero-order chi connectivity index (χ0) is 42.6. The van der Waals surface area contributed by atoms with Crippen LogP contribution in [0.5, 0.6) is 17.2 Å². The minimum absolute atomic E-state index is 0.00548. The van der Waals surface area contributed by atoms with Gasteiger partial charge in [-0.25, -0.2) is 14.8 Å². The van der Waals surface area contributed by atoms with Gasteiger partial charge in [0.05, 0.1) is 23.5 Å². The lowest BCUT2D eigenvalue weighted by Crippen LogP contribution is -2.53. The van der Waals surface area contributed by atoms with Crippen molar-refractivity contribution in [2.75, 3.05) is 26.7 Å². The number of aromatic hydroxyl groups is 2. The van der Waals surface area contributed by atoms with Gasteiger partial charge in [-0.3, -0.25) is 19.2 Å². The molecule has 16 nitrogen and oxygen atoms in total. The number of ether oxygens (including phenoxy) is 1. The lowest BCUT2D eigenvalue weighted by Gasteiger charge is -2.30. The number of rotatable bonds is 9. The minimum Gasteiger partial charge on any atom is -0.507 e. The third-order valence-corrected chi connectivity index (χ3v) is 9.88. The first-order chi connectivity index (χ1) is 27.3. The van der Waals surface area contributed by atoms with Gasteiger partial charge < -0.3 is 46.6 Å². The zero-order valence-electron chi connectivity index (χ0n) is 33.5. The van der Waals surface area contributed by atoms with E-state index in [0.717, 1.165) is 16.0 Å². The molecule has 0 fully saturated rings. The van der Waals surface area contributed by atoms with Crippen LogP contribution in [0, 0.1) is 13.8 Å². The predicted molar refractivity (Wildman–Crippen MR) is 214 cm³/mol. The van der Waals surface area contributed by atoms with Gasteiger partial charge in [0.15, 0.2) is 17.3 Å². The number of carbonyl (C=O) groups excluding carboxylic acids is 4. The number of fused-ring (bicyclic) bond motifs is 5. The molecule has 0 unspecified atom stereocenters. The Morgan fingerprint density at radius 2 is 1.60 bits per heavy atom. The summed E-state index contributed by atoms with van der Waals surface area (Å²) >= 11 is 0. The molecule has 5 rings (SSSR count). The van der Waals surface area contributed by atoms with Crippen LogP contribution in [0.25, 0.3) is 22.5 Å². The average Bonchev–Trinajstić information content (AvgIpc) is 3.16. The Balaban J connectivity index is 1.46. The molecule has 58 heavy (non-hydrogen) atoms. The largest absolute Gasteiger partial charge is 0.507 e. The number of amides is 4. The molecule has 0 radical (unpaired) electrons. The number of hydrogen-bond donors (Lipinski definition) is 7. The normalized spacial score (nSPS) is 17.0. The summed E-state index contributed by atoms with van der Waals surface area (Å²) < 4.78 is 5.65. The van der Waals surface area contributed by atoms with Crippen LogP contribution >= 0.6 is 0 Å². The first-order valence-electron chi connectivity index (χ1n) is 18.7. The molecule has 0 saturated carbocycles. The van der Waals surface area contributed by atoms with Crippen molar-refractivity contribution in [1.29, 1.82) is 0 Å². The predicted octanol–water partition coefficient (Wildman–Crippen LogP) is 3.03. The van der Waals surface area contributed by atoms with Crippen molar-refractivity contribution in [2.45, 2.75) is 71.5 Å². The van der Waals surface area contributed by atoms with Crippen molar-refractivity contribution in [3.8, 4) is 39.8 Å². The van der Waals surface area contributed by atoms with E-state index in [0.29, 0.717) is 22.8 Å². The van der Waals surface area contributed by atoms with Gasteiger partial charge in [0.1, 0.15) is 30.5 Å². The van der Waals surface area contributed by atoms with Crippen molar-refractivity contribution in [3.05, 3.63) is 88.2 Å². The number of carboxylic acids is 1. The van der Waals surface area contributed by atoms with E-state index < -0.39 is 60.0 Å². The highest BCUT2D eigenvalue weighted by Crippen LogP contribution is 2.43. The van der Waals surface area contributed by atoms with Gasteiger partial charge in [-0.15, -0.1) is 0 Å². The van der Waals surface area contributed by atoms with Gasteiger partial charge in [-0.1, -0.05) is 51.1 Å². The summed E-state index contributed by atoms with van der Waals surface area (Å²) in [5.74, 6) is -4.68. The number of nitrogens with one attached hydrogen (secondary N) is 3. The summed E-state index contributed by atoms with van der Waals surface area (Å²) in [5.41, 5.74) is 9.01. The smallest absolute Gasteiger partial charge is 0.326 e. The Hall–Kier alpha value is -6.55. The second-order valence-electron chi connectivity index (χ2n) is 15.2. The summed E-state index contributed by atoms with van der Waals surface area (Å²) in [6, 6.07) is 10.6. The summed E-state index contributed by atoms with van der Waals surface area (Å²) in [4.78, 5) is 77.1. The number of likely N-dealkylation sites (N-methyl/N-ethyl adjacent to an activating group) is 1. The molecule has 1 aliphatic heterocycles. The monoisotopic (exact) mass is 795 g/mol. The van der Waals surface area contributed by atoms with Gasteiger partial charge in [0.25, 0.3) is 5.91 Å². The fraction of sp³-hybridized carbons (Fsp3) is 0.357. The van der Waals surface area contributed by atoms with Crippen LogP contribution < -0.4 is 26.4 Å². The van der Waals surface area contributed by atoms with Gasteiger partial charge in [0.2, 0.25) is 17.7 Å². The SMILES string of the molecule is Cc1nc(-c2ccc(C(C)(C)C)cc2)nc(C)c1C(=O)NCC(=O)N(C)[C@@H]1C(=O)N[C@@H](C)C(=O)N[C@H](C(=O)O)Cc2cc(OCCN)c(O)c(c2)-c2cc1ccc2O. The Labute approximate surface area is 335 Å². The van der Waals surface area contributed by atoms with Crippen LogP contribution in [0.3, 0.4) is 0 Å². The average molecular weight is 796 g/mol. The van der Waals surface area contributed by atoms with Crippen LogP contribution in [-0.4, -0.2) is 98.6 Å². The number of aryl methyl sites for hydroxylation is 2. The quantitative estimate of drug-likeness (QED) is 0.129. The minimum atomic E-state index is -1.47. The second kappa shape index (κ2) is 17.3. The van der Waals surface area contributed by atoms with Crippen molar-refractivity contribution in [3.63, 3.8) is 0 Å². The van der Waals surface area contributed by atoms with E-state index in [2.05, 4.69) is 46.7 Å². The number of aliphatic carboxylic acids is 1. The number of nitrogens with two attached hydrogens (primary N) is 1. The number of phenols is 2. The van der Waals surface area contributed by atoms with Crippen LogP contribution in [0.15, 0.2) is 54.6 Å². The van der Waals surface area contributed by atoms with Crippen molar-refractivity contribution < 1.29 is 44.0 Å². The first-order valence-corrected chi connectivity index (χ1v) is 18.7. The van der Waals surface area contributed by atoms with Crippen LogP contribution in [-0.2, 0) is 31.0 Å². The molecule has 16 heteroatoms. The maximum Gasteiger partial charge on any atom is 0.326 e. The molecular weight excluding hydrogens is 747 g/mol. The van der Waals surface area contributed by atoms with E-state index in [9.17, 15) is 39.3 Å². The van der Waals surface area contributed by atoms with Crippen LogP contribution in [0.4, 0.5) is 0 Å². The van der Waals surface area contributed by atoms with E-state index in [-0.39, 0.29) is 58.7 Å². The van der Waals surface area contributed by atoms with Gasteiger partial charge in [0, 0.05) is 36.7 Å². The van der Waals surface area contributed by atoms with Crippen molar-refractivity contribution in [2.24, 2.45) is 5.73 Å². The van der Waals surface area contributed by atoms with E-state index >= 15 is 0 Å². The molecule has 8 N–H and O–H groups in total. The van der Waals surface area contributed by atoms with E-state index in [1.807, 2.05) is 24.3 Å². The lowest BCUT2D eigenvalue weighted by atomic mass is 9.86. The highest BCUT2D eigenvalue weighted by molar-refractivity contribution is 5.99. The maximum atomic E-state index is 14.0. The molecule has 0 spiro atoms. The molecule has 306 valence electrons. The molecule has 3 atom stereocenters. The second-order valence-corrected chi connectivity index (χ2v) is 15.2. The Morgan fingerprint density at radius 3 is 2.21 bits per heavy atom. The summed E-state index contributed by atoms with van der Waals surface area (Å²) in [5, 5.41) is 39.9. The fourth-order valence-corrected chi connectivity index (χ4v) is 6.65. The van der Waals surface area contributed by atoms with Gasteiger partial charge in [-0.2, -0.15) is 0 Å². The molecule has 3 aromatic carbocycles. The molecule has 1 aliphatic rings. The topological polar surface area (TPSA) is 246 Å². The molecular formula is C42H49N7O9. The fourth-order valence-electron chi connectivity index (χ4n) is 6.65. The number of carbonyl (C=O) groups is 5. The highest BCUT2D eigenvalue weighted by Gasteiger charge is 2.34. The number of phenolic OH excluding ortho intramolecular Hbond substituents is 2. The van der Waals surface area contributed by atoms with Crippen LogP contribution in [0.2, 0.25) is 0 Å². The third kappa shape index (κ3) is 9.35. The third-order valence-electron chi connectivity index (χ3n) is 9.88. The van der Waals surface area contributed by atoms with Crippen LogP contribution in [0.1, 0.15) is 72.2 Å². The molecule has 4 amide bonds. The number of hydrogen-bond acceptors (Lipinski definition) is 11. The number of aromatic nitrogens is 2. The highest BCUT2D eigenvalue weighted by atomic mass is 16.5. The maximum absolute atomic E-state index is 14.0. The Bertz CT molecular complexity index is 2230. The van der Waals surface area contributed by atoms with E-state index in [1.165, 1.54) is 44.3 Å². The Kier molecular flexibility index (Phi) is 12.7. The first kappa shape index (κ1) is 42.6. The molecule has 0 aliphatic carbocycles. The van der Waals surface area contributed by atoms with Crippen molar-refractivity contribution in [1.82, 2.24) is 30.8 Å². The number of carboxylic acid groups (broad SMARTS) is 1. The summed E-state index contributed by atoms with van der Waals surface area (Å²) in [6.45, 7) is 10.6. The standard InChI is InChI=1S/C42H49N7O9/c1-21-34(22(2)46-37(45-21)25-8-11-27(12-9-25)42(4,5)6)39(54)44-20-33(51)49(7)35-26-10-13-31(50)28(19-26)29-16-24(18-32(36(29)52)58-15-14-43)17-30(41(56)57)48-38(53)23(3)47-40(35)55/h8-13,16,18-19,23,30,35,50,52H,14-15,17,20,43H2,1-7H3,(H,44,54)(H,47,55)(H,48,53)(H,56,57)/t23-,30-,35-/m0/s1. The molecule has 2 heterocycles. The number of nitrogens with zero attached hydrogens (tertiary/aromatic N) is 3. The van der Waals surface area contributed by atoms with Gasteiger partial charge in [-0.05, 0) is 67.1 Å². The van der Waals surface area contributed by atoms with E-state index in [1.54, 1.807) is 13.8 Å². The zero-order valence-corrected chi connectivity index (χ0v) is 33.5. The van der Waals surface area contributed by atoms with Gasteiger partial charge >= 0.3 is 5.97 Å². The number of benzene rings is 3. The molecule has 4 aromatic rings. The molecule has 4 bridgehead atoms. The summed E-state index contributed by atoms with van der Waals surface area (Å²) in [6.07, 6.45) is -0.249. The molecule has 1 aromatic heterocycles. The Morgan fingerprint density at radius 1 is 0.948 bits per heavy atom. The lowest BCUT2D eigenvalue weighted by molar-refractivity contribution is -0.142. The van der Waals surface area contributed by atoms with E-state index in [4.69, 9.17) is 10.5 Å².